The first-order chi connectivity index (χ1) is 17.7. The predicted molar refractivity (Wildman–Crippen MR) is 138 cm³/mol. The summed E-state index contributed by atoms with van der Waals surface area (Å²) >= 11 is 0. The minimum Gasteiger partial charge on any atom is -0.339 e. The molecule has 0 saturated carbocycles. The van der Waals surface area contributed by atoms with Crippen molar-refractivity contribution in [3.63, 3.8) is 0 Å². The van der Waals surface area contributed by atoms with Crippen molar-refractivity contribution in [1.82, 2.24) is 19.6 Å². The molecule has 196 valence electrons. The summed E-state index contributed by atoms with van der Waals surface area (Å²) in [5, 5.41) is 0. The van der Waals surface area contributed by atoms with Gasteiger partial charge in [-0.15, -0.1) is 0 Å². The maximum Gasteiger partial charge on any atom is 0.250 e. The molecule has 9 unspecified atom stereocenters. The fourth-order valence-electron chi connectivity index (χ4n) is 10.9. The number of hydrogen-bond acceptors (Lipinski definition) is 4. The van der Waals surface area contributed by atoms with Crippen molar-refractivity contribution in [2.45, 2.75) is 94.8 Å². The van der Waals surface area contributed by atoms with E-state index in [9.17, 15) is 9.59 Å². The van der Waals surface area contributed by atoms with E-state index < -0.39 is 0 Å². The van der Waals surface area contributed by atoms with E-state index in [0.717, 1.165) is 37.9 Å². The van der Waals surface area contributed by atoms with Crippen LogP contribution in [0.4, 0.5) is 0 Å². The van der Waals surface area contributed by atoms with Gasteiger partial charge in [-0.05, 0) is 120 Å². The van der Waals surface area contributed by atoms with E-state index in [2.05, 4.69) is 25.7 Å². The number of hydrogen-bond donors (Lipinski definition) is 0. The van der Waals surface area contributed by atoms with E-state index in [0.29, 0.717) is 53.7 Å². The zero-order valence-electron chi connectivity index (χ0n) is 21.9. The van der Waals surface area contributed by atoms with Crippen molar-refractivity contribution in [3.8, 4) is 0 Å². The van der Waals surface area contributed by atoms with Crippen LogP contribution >= 0.6 is 0 Å². The van der Waals surface area contributed by atoms with Gasteiger partial charge < -0.3 is 9.80 Å². The molecule has 0 aromatic heterocycles. The number of amides is 2. The standard InChI is InChI=1S/C30H44N4O2/c35-29-21(9-11-25-23-7-3-15-31-13-1-5-19(27(23)31)17-33(25)29)22-10-12-26-24-8-4-16-32-14-2-6-20(28(24)32)18-34(26)30(22)36/h9,19-20,22-28H,1-8,10-18H2. The Balaban J connectivity index is 1.05. The van der Waals surface area contributed by atoms with Crippen molar-refractivity contribution in [1.29, 1.82) is 0 Å². The SMILES string of the molecule is O=C1C(C2CCC3C4CCCN5CCCC(CN3C2=O)C45)=CCC2C3CCCN4CCCC(CN12)C34. The summed E-state index contributed by atoms with van der Waals surface area (Å²) in [7, 11) is 0. The molecule has 0 aromatic carbocycles. The van der Waals surface area contributed by atoms with E-state index >= 15 is 0 Å². The summed E-state index contributed by atoms with van der Waals surface area (Å²) in [6.45, 7) is 6.90. The van der Waals surface area contributed by atoms with Crippen LogP contribution in [0.15, 0.2) is 11.6 Å². The zero-order chi connectivity index (χ0) is 24.0. The smallest absolute Gasteiger partial charge is 0.250 e. The van der Waals surface area contributed by atoms with Gasteiger partial charge in [0.15, 0.2) is 0 Å². The van der Waals surface area contributed by atoms with Gasteiger partial charge in [-0.2, -0.15) is 0 Å². The second kappa shape index (κ2) is 8.56. The largest absolute Gasteiger partial charge is 0.339 e. The molecule has 8 heterocycles. The van der Waals surface area contributed by atoms with E-state index in [4.69, 9.17) is 0 Å². The van der Waals surface area contributed by atoms with Crippen LogP contribution in [-0.2, 0) is 9.59 Å². The Labute approximate surface area is 216 Å². The van der Waals surface area contributed by atoms with Crippen LogP contribution in [0.5, 0.6) is 0 Å². The van der Waals surface area contributed by atoms with Crippen molar-refractivity contribution in [2.75, 3.05) is 39.3 Å². The van der Waals surface area contributed by atoms with Crippen molar-refractivity contribution >= 4 is 11.8 Å². The lowest BCUT2D eigenvalue weighted by Crippen LogP contribution is -2.68. The zero-order valence-corrected chi connectivity index (χ0v) is 21.9. The van der Waals surface area contributed by atoms with Crippen LogP contribution in [0.1, 0.15) is 70.6 Å². The third kappa shape index (κ3) is 3.22. The molecule has 0 bridgehead atoms. The Morgan fingerprint density at radius 1 is 0.639 bits per heavy atom. The molecule has 8 aliphatic rings. The molecule has 0 spiro atoms. The predicted octanol–water partition coefficient (Wildman–Crippen LogP) is 3.13. The Bertz CT molecular complexity index is 961. The first kappa shape index (κ1) is 22.6. The third-order valence-corrected chi connectivity index (χ3v) is 12.1. The number of nitrogens with zero attached hydrogens (tertiary/aromatic N) is 4. The van der Waals surface area contributed by atoms with E-state index in [1.54, 1.807) is 0 Å². The van der Waals surface area contributed by atoms with Gasteiger partial charge in [-0.3, -0.25) is 19.4 Å². The molecule has 9 atom stereocenters. The Morgan fingerprint density at radius 3 is 1.89 bits per heavy atom. The Morgan fingerprint density at radius 2 is 1.22 bits per heavy atom. The van der Waals surface area contributed by atoms with Crippen LogP contribution in [0.3, 0.4) is 0 Å². The van der Waals surface area contributed by atoms with Gasteiger partial charge in [0.2, 0.25) is 5.91 Å². The summed E-state index contributed by atoms with van der Waals surface area (Å²) in [6.07, 6.45) is 15.4. The third-order valence-electron chi connectivity index (χ3n) is 12.1. The van der Waals surface area contributed by atoms with E-state index in [1.807, 2.05) is 0 Å². The first-order valence-corrected chi connectivity index (χ1v) is 15.5. The van der Waals surface area contributed by atoms with Gasteiger partial charge in [0, 0.05) is 42.8 Å². The highest BCUT2D eigenvalue weighted by molar-refractivity contribution is 6.01. The fraction of sp³-hybridized carbons (Fsp3) is 0.867. The number of rotatable bonds is 1. The fourth-order valence-corrected chi connectivity index (χ4v) is 10.9. The van der Waals surface area contributed by atoms with Crippen LogP contribution in [-0.4, -0.2) is 94.8 Å². The summed E-state index contributed by atoms with van der Waals surface area (Å²) in [5.74, 6) is 2.88. The monoisotopic (exact) mass is 492 g/mol. The molecule has 7 fully saturated rings. The van der Waals surface area contributed by atoms with E-state index in [-0.39, 0.29) is 11.8 Å². The van der Waals surface area contributed by atoms with Crippen molar-refractivity contribution in [2.24, 2.45) is 29.6 Å². The maximum absolute atomic E-state index is 14.1. The van der Waals surface area contributed by atoms with Gasteiger partial charge in [0.25, 0.3) is 5.91 Å². The Kier molecular flexibility index (Phi) is 5.37. The highest BCUT2D eigenvalue weighted by Crippen LogP contribution is 2.48. The summed E-state index contributed by atoms with van der Waals surface area (Å²) in [5.41, 5.74) is 0.868. The molecule has 0 aliphatic carbocycles. The summed E-state index contributed by atoms with van der Waals surface area (Å²) in [6, 6.07) is 2.18. The highest BCUT2D eigenvalue weighted by Gasteiger charge is 2.55. The maximum atomic E-state index is 14.1. The second-order valence-corrected chi connectivity index (χ2v) is 13.6. The molecule has 0 radical (unpaired) electrons. The van der Waals surface area contributed by atoms with Gasteiger partial charge in [0.05, 0.1) is 5.92 Å². The highest BCUT2D eigenvalue weighted by atomic mass is 16.2. The second-order valence-electron chi connectivity index (χ2n) is 13.6. The van der Waals surface area contributed by atoms with Crippen LogP contribution in [0.25, 0.3) is 0 Å². The number of fused-ring (bicyclic) bond motifs is 4. The first-order valence-electron chi connectivity index (χ1n) is 15.5. The molecule has 6 heteroatoms. The lowest BCUT2D eigenvalue weighted by Gasteiger charge is -2.60. The van der Waals surface area contributed by atoms with Gasteiger partial charge in [0.1, 0.15) is 0 Å². The average molecular weight is 493 g/mol. The van der Waals surface area contributed by atoms with Gasteiger partial charge in [-0.1, -0.05) is 6.08 Å². The molecular formula is C30H44N4O2. The normalized spacial score (nSPS) is 46.9. The topological polar surface area (TPSA) is 47.1 Å². The molecule has 6 nitrogen and oxygen atoms in total. The minimum absolute atomic E-state index is 0.193. The number of carbonyl (C=O) groups is 2. The number of piperidine rings is 7. The molecule has 8 rings (SSSR count). The summed E-state index contributed by atoms with van der Waals surface area (Å²) in [4.78, 5) is 38.2. The molecule has 8 aliphatic heterocycles. The van der Waals surface area contributed by atoms with Crippen molar-refractivity contribution < 1.29 is 9.59 Å². The molecule has 7 saturated heterocycles. The Hall–Kier alpha value is -1.40. The van der Waals surface area contributed by atoms with Crippen LogP contribution in [0.2, 0.25) is 0 Å². The lowest BCUT2D eigenvalue weighted by molar-refractivity contribution is -0.158. The van der Waals surface area contributed by atoms with Crippen LogP contribution in [0, 0.1) is 29.6 Å². The molecule has 2 amide bonds. The quantitative estimate of drug-likeness (QED) is 0.564. The van der Waals surface area contributed by atoms with Crippen LogP contribution < -0.4 is 0 Å². The molecular weight excluding hydrogens is 448 g/mol. The lowest BCUT2D eigenvalue weighted by atomic mass is 9.66. The molecule has 36 heavy (non-hydrogen) atoms. The van der Waals surface area contributed by atoms with Crippen molar-refractivity contribution in [3.05, 3.63) is 11.6 Å². The van der Waals surface area contributed by atoms with E-state index in [1.165, 1.54) is 77.5 Å². The van der Waals surface area contributed by atoms with Gasteiger partial charge in [-0.25, -0.2) is 0 Å². The minimum atomic E-state index is -0.193. The average Bonchev–Trinajstić information content (AvgIpc) is 2.91. The number of carbonyl (C=O) groups excluding carboxylic acids is 2. The molecule has 0 N–H and O–H groups in total. The molecule has 0 aromatic rings. The van der Waals surface area contributed by atoms with Gasteiger partial charge >= 0.3 is 0 Å². The summed E-state index contributed by atoms with van der Waals surface area (Å²) < 4.78 is 0.